The van der Waals surface area contributed by atoms with Crippen molar-refractivity contribution in [3.05, 3.63) is 18.0 Å². The molecule has 0 bridgehead atoms. The number of carboxylic acids is 1. The number of aromatic nitrogens is 2. The lowest BCUT2D eigenvalue weighted by molar-refractivity contribution is -0.142. The van der Waals surface area contributed by atoms with Crippen LogP contribution >= 0.6 is 0 Å². The third kappa shape index (κ3) is 4.09. The molecule has 0 aliphatic heterocycles. The average Bonchev–Trinajstić information content (AvgIpc) is 2.71. The second-order valence-corrected chi connectivity index (χ2v) is 4.16. The van der Waals surface area contributed by atoms with Gasteiger partial charge in [-0.15, -0.1) is 0 Å². The van der Waals surface area contributed by atoms with Crippen LogP contribution in [-0.2, 0) is 21.4 Å². The van der Waals surface area contributed by atoms with Crippen molar-refractivity contribution in [1.29, 1.82) is 0 Å². The predicted octanol–water partition coefficient (Wildman–Crippen LogP) is -0.860. The maximum atomic E-state index is 11.7. The maximum Gasteiger partial charge on any atom is 0.331 e. The van der Waals surface area contributed by atoms with Gasteiger partial charge in [0.2, 0.25) is 11.8 Å². The summed E-state index contributed by atoms with van der Waals surface area (Å²) in [5, 5.41) is 15.3. The zero-order chi connectivity index (χ0) is 14.6. The second kappa shape index (κ2) is 5.98. The number of carboxylic acid groups (broad SMARTS) is 1. The van der Waals surface area contributed by atoms with Crippen molar-refractivity contribution in [2.45, 2.75) is 13.0 Å². The van der Waals surface area contributed by atoms with Gasteiger partial charge in [-0.2, -0.15) is 5.10 Å². The standard InChI is InChI=1S/C11H16N4O4/c1-7(16)14(2)6-9(17)13-10(11(18)19)8-4-12-15(3)5-8/h4-5,10H,6H2,1-3H3,(H,13,17)(H,18,19). The van der Waals surface area contributed by atoms with E-state index in [1.165, 1.54) is 35.9 Å². The topological polar surface area (TPSA) is 105 Å². The first-order valence-electron chi connectivity index (χ1n) is 5.53. The Morgan fingerprint density at radius 2 is 2.16 bits per heavy atom. The van der Waals surface area contributed by atoms with Gasteiger partial charge in [0.05, 0.1) is 12.7 Å². The van der Waals surface area contributed by atoms with E-state index >= 15 is 0 Å². The van der Waals surface area contributed by atoms with Gasteiger partial charge < -0.3 is 15.3 Å². The molecule has 8 heteroatoms. The van der Waals surface area contributed by atoms with Crippen molar-refractivity contribution in [2.75, 3.05) is 13.6 Å². The van der Waals surface area contributed by atoms with Crippen LogP contribution in [0.2, 0.25) is 0 Å². The number of amides is 2. The molecule has 0 spiro atoms. The van der Waals surface area contributed by atoms with Crippen LogP contribution in [0.5, 0.6) is 0 Å². The Kier molecular flexibility index (Phi) is 4.62. The van der Waals surface area contributed by atoms with Crippen LogP contribution in [0.15, 0.2) is 12.4 Å². The molecule has 104 valence electrons. The van der Waals surface area contributed by atoms with E-state index in [0.717, 1.165) is 0 Å². The van der Waals surface area contributed by atoms with Crippen molar-refractivity contribution in [2.24, 2.45) is 7.05 Å². The summed E-state index contributed by atoms with van der Waals surface area (Å²) in [4.78, 5) is 35.0. The molecule has 2 amide bonds. The molecule has 0 saturated heterocycles. The summed E-state index contributed by atoms with van der Waals surface area (Å²) in [7, 11) is 3.11. The molecule has 1 atom stereocenters. The smallest absolute Gasteiger partial charge is 0.331 e. The minimum atomic E-state index is -1.19. The summed E-state index contributed by atoms with van der Waals surface area (Å²) in [6.45, 7) is 1.13. The summed E-state index contributed by atoms with van der Waals surface area (Å²) in [5.41, 5.74) is 0.369. The van der Waals surface area contributed by atoms with E-state index in [4.69, 9.17) is 5.11 Å². The predicted molar refractivity (Wildman–Crippen MR) is 65.0 cm³/mol. The Morgan fingerprint density at radius 3 is 2.58 bits per heavy atom. The quantitative estimate of drug-likeness (QED) is 0.723. The molecule has 0 aromatic carbocycles. The molecular formula is C11H16N4O4. The summed E-state index contributed by atoms with van der Waals surface area (Å²) >= 11 is 0. The number of carbonyl (C=O) groups is 3. The number of hydrogen-bond donors (Lipinski definition) is 2. The monoisotopic (exact) mass is 268 g/mol. The molecule has 1 aromatic rings. The molecule has 0 fully saturated rings. The number of nitrogens with one attached hydrogen (secondary N) is 1. The molecule has 8 nitrogen and oxygen atoms in total. The lowest BCUT2D eigenvalue weighted by atomic mass is 10.1. The highest BCUT2D eigenvalue weighted by Gasteiger charge is 2.24. The van der Waals surface area contributed by atoms with Gasteiger partial charge >= 0.3 is 5.97 Å². The number of carbonyl (C=O) groups excluding carboxylic acids is 2. The summed E-state index contributed by atoms with van der Waals surface area (Å²) < 4.78 is 1.44. The van der Waals surface area contributed by atoms with E-state index in [2.05, 4.69) is 10.4 Å². The Morgan fingerprint density at radius 1 is 1.53 bits per heavy atom. The molecule has 1 heterocycles. The fourth-order valence-corrected chi connectivity index (χ4v) is 1.41. The summed E-state index contributed by atoms with van der Waals surface area (Å²) in [6, 6.07) is -1.18. The Bertz CT molecular complexity index is 497. The zero-order valence-electron chi connectivity index (χ0n) is 11.0. The van der Waals surface area contributed by atoms with Crippen molar-refractivity contribution in [1.82, 2.24) is 20.0 Å². The van der Waals surface area contributed by atoms with E-state index in [-0.39, 0.29) is 12.5 Å². The minimum Gasteiger partial charge on any atom is -0.479 e. The van der Waals surface area contributed by atoms with Crippen LogP contribution in [-0.4, -0.2) is 51.2 Å². The Hall–Kier alpha value is -2.38. The SMILES string of the molecule is CC(=O)N(C)CC(=O)NC(C(=O)O)c1cnn(C)c1. The Labute approximate surface area is 110 Å². The molecular weight excluding hydrogens is 252 g/mol. The zero-order valence-corrected chi connectivity index (χ0v) is 11.0. The van der Waals surface area contributed by atoms with Crippen molar-refractivity contribution >= 4 is 17.8 Å². The first kappa shape index (κ1) is 14.7. The molecule has 2 N–H and O–H groups in total. The van der Waals surface area contributed by atoms with Gasteiger partial charge in [-0.1, -0.05) is 0 Å². The number of nitrogens with zero attached hydrogens (tertiary/aromatic N) is 3. The number of rotatable bonds is 5. The molecule has 0 saturated carbocycles. The Balaban J connectivity index is 2.72. The summed E-state index contributed by atoms with van der Waals surface area (Å²) in [6.07, 6.45) is 2.88. The minimum absolute atomic E-state index is 0.195. The fraction of sp³-hybridized carbons (Fsp3) is 0.455. The largest absolute Gasteiger partial charge is 0.479 e. The van der Waals surface area contributed by atoms with E-state index in [0.29, 0.717) is 5.56 Å². The first-order valence-corrected chi connectivity index (χ1v) is 5.53. The normalized spacial score (nSPS) is 11.7. The lowest BCUT2D eigenvalue weighted by Crippen LogP contribution is -2.41. The van der Waals surface area contributed by atoms with Crippen LogP contribution in [0.3, 0.4) is 0 Å². The molecule has 0 aliphatic carbocycles. The van der Waals surface area contributed by atoms with Crippen LogP contribution < -0.4 is 5.32 Å². The first-order chi connectivity index (χ1) is 8.81. The van der Waals surface area contributed by atoms with Crippen molar-refractivity contribution in [3.8, 4) is 0 Å². The van der Waals surface area contributed by atoms with Gasteiger partial charge in [0.1, 0.15) is 0 Å². The highest BCUT2D eigenvalue weighted by atomic mass is 16.4. The number of hydrogen-bond acceptors (Lipinski definition) is 4. The third-order valence-electron chi connectivity index (χ3n) is 2.53. The van der Waals surface area contributed by atoms with Gasteiger partial charge in [0.25, 0.3) is 0 Å². The van der Waals surface area contributed by atoms with Gasteiger partial charge in [0, 0.05) is 32.8 Å². The van der Waals surface area contributed by atoms with Gasteiger partial charge in [-0.25, -0.2) is 4.79 Å². The lowest BCUT2D eigenvalue weighted by Gasteiger charge is -2.17. The van der Waals surface area contributed by atoms with Crippen molar-refractivity contribution in [3.63, 3.8) is 0 Å². The van der Waals surface area contributed by atoms with Crippen LogP contribution in [0.25, 0.3) is 0 Å². The number of likely N-dealkylation sites (N-methyl/N-ethyl adjacent to an activating group) is 1. The fourth-order valence-electron chi connectivity index (χ4n) is 1.41. The summed E-state index contributed by atoms with van der Waals surface area (Å²) in [5.74, 6) is -2.01. The van der Waals surface area contributed by atoms with Gasteiger partial charge in [0.15, 0.2) is 6.04 Å². The molecule has 1 aromatic heterocycles. The molecule has 1 rings (SSSR count). The second-order valence-electron chi connectivity index (χ2n) is 4.16. The maximum absolute atomic E-state index is 11.7. The van der Waals surface area contributed by atoms with Crippen molar-refractivity contribution < 1.29 is 19.5 Å². The van der Waals surface area contributed by atoms with Gasteiger partial charge in [-0.3, -0.25) is 14.3 Å². The average molecular weight is 268 g/mol. The van der Waals surface area contributed by atoms with Crippen LogP contribution in [0.1, 0.15) is 18.5 Å². The molecule has 1 unspecified atom stereocenters. The van der Waals surface area contributed by atoms with E-state index in [1.54, 1.807) is 7.05 Å². The van der Waals surface area contributed by atoms with Crippen LogP contribution in [0.4, 0.5) is 0 Å². The van der Waals surface area contributed by atoms with E-state index in [9.17, 15) is 14.4 Å². The highest BCUT2D eigenvalue weighted by Crippen LogP contribution is 2.11. The van der Waals surface area contributed by atoms with Gasteiger partial charge in [-0.05, 0) is 0 Å². The molecule has 0 radical (unpaired) electrons. The van der Waals surface area contributed by atoms with Crippen LogP contribution in [0, 0.1) is 0 Å². The highest BCUT2D eigenvalue weighted by molar-refractivity contribution is 5.87. The van der Waals surface area contributed by atoms with E-state index in [1.807, 2.05) is 0 Å². The molecule has 0 aliphatic rings. The third-order valence-corrected chi connectivity index (χ3v) is 2.53. The van der Waals surface area contributed by atoms with E-state index < -0.39 is 17.9 Å². The number of aliphatic carboxylic acids is 1. The molecule has 19 heavy (non-hydrogen) atoms. The number of aryl methyl sites for hydroxylation is 1.